The van der Waals surface area contributed by atoms with Crippen molar-refractivity contribution in [1.29, 1.82) is 0 Å². The molecule has 1 fully saturated rings. The average molecular weight is 228 g/mol. The summed E-state index contributed by atoms with van der Waals surface area (Å²) in [4.78, 5) is 6.77. The van der Waals surface area contributed by atoms with Crippen LogP contribution in [0.5, 0.6) is 0 Å². The molecule has 1 aromatic heterocycles. The molecule has 4 heteroatoms. The highest BCUT2D eigenvalue weighted by Crippen LogP contribution is 2.26. The van der Waals surface area contributed by atoms with Gasteiger partial charge in [0.2, 0.25) is 0 Å². The van der Waals surface area contributed by atoms with Gasteiger partial charge < -0.3 is 16.0 Å². The van der Waals surface area contributed by atoms with Gasteiger partial charge in [-0.15, -0.1) is 0 Å². The van der Waals surface area contributed by atoms with Crippen LogP contribution in [0.4, 0.5) is 11.4 Å². The molecule has 0 spiro atoms. The van der Waals surface area contributed by atoms with Gasteiger partial charge >= 0.3 is 0 Å². The lowest BCUT2D eigenvalue weighted by atomic mass is 10.1. The maximum atomic E-state index is 5.79. The quantitative estimate of drug-likeness (QED) is 0.721. The van der Waals surface area contributed by atoms with Crippen molar-refractivity contribution in [2.75, 3.05) is 36.8 Å². The molecule has 0 bridgehead atoms. The first-order chi connectivity index (χ1) is 8.34. The first-order valence-corrected chi connectivity index (χ1v) is 5.94. The molecule has 0 unspecified atom stereocenters. The second-order valence-electron chi connectivity index (χ2n) is 4.34. The maximum absolute atomic E-state index is 5.79. The van der Waals surface area contributed by atoms with Crippen molar-refractivity contribution in [3.05, 3.63) is 30.5 Å². The lowest BCUT2D eigenvalue weighted by molar-refractivity contribution is 0.590. The molecule has 0 saturated carbocycles. The van der Waals surface area contributed by atoms with E-state index in [1.165, 1.54) is 11.1 Å². The highest BCUT2D eigenvalue weighted by atomic mass is 15.2. The van der Waals surface area contributed by atoms with Gasteiger partial charge in [-0.25, -0.2) is 0 Å². The van der Waals surface area contributed by atoms with Crippen molar-refractivity contribution in [2.45, 2.75) is 0 Å². The number of aromatic nitrogens is 1. The molecule has 1 saturated heterocycles. The maximum Gasteiger partial charge on any atom is 0.0743 e. The largest absolute Gasteiger partial charge is 0.399 e. The number of nitrogens with one attached hydrogen (secondary N) is 1. The molecule has 4 nitrogen and oxygen atoms in total. The van der Waals surface area contributed by atoms with Crippen molar-refractivity contribution in [1.82, 2.24) is 10.3 Å². The normalized spacial score (nSPS) is 16.4. The molecule has 0 amide bonds. The van der Waals surface area contributed by atoms with Crippen LogP contribution in [0.1, 0.15) is 0 Å². The Hall–Kier alpha value is -1.81. The summed E-state index contributed by atoms with van der Waals surface area (Å²) in [5, 5.41) is 4.55. The Balaban J connectivity index is 2.09. The van der Waals surface area contributed by atoms with Crippen LogP contribution in [0.15, 0.2) is 30.5 Å². The van der Waals surface area contributed by atoms with Crippen LogP contribution in [0, 0.1) is 0 Å². The number of benzene rings is 1. The number of anilines is 2. The first-order valence-electron chi connectivity index (χ1n) is 5.94. The Bertz CT molecular complexity index is 532. The lowest BCUT2D eigenvalue weighted by Crippen LogP contribution is -2.43. The number of piperazine rings is 1. The van der Waals surface area contributed by atoms with E-state index in [1.54, 1.807) is 0 Å². The highest BCUT2D eigenvalue weighted by Gasteiger charge is 2.13. The molecule has 1 aromatic carbocycles. The predicted octanol–water partition coefficient (Wildman–Crippen LogP) is 1.23. The fraction of sp³-hybridized carbons (Fsp3) is 0.308. The number of fused-ring (bicyclic) bond motifs is 1. The Morgan fingerprint density at radius 2 is 2.00 bits per heavy atom. The Labute approximate surface area is 100 Å². The van der Waals surface area contributed by atoms with E-state index in [4.69, 9.17) is 5.73 Å². The van der Waals surface area contributed by atoms with Gasteiger partial charge in [-0.3, -0.25) is 4.98 Å². The van der Waals surface area contributed by atoms with Crippen LogP contribution in [0.3, 0.4) is 0 Å². The summed E-state index contributed by atoms with van der Waals surface area (Å²) in [5.41, 5.74) is 8.79. The van der Waals surface area contributed by atoms with E-state index in [1.807, 2.05) is 18.3 Å². The van der Waals surface area contributed by atoms with Crippen LogP contribution >= 0.6 is 0 Å². The minimum absolute atomic E-state index is 0.766. The monoisotopic (exact) mass is 228 g/mol. The van der Waals surface area contributed by atoms with E-state index in [0.29, 0.717) is 0 Å². The van der Waals surface area contributed by atoms with E-state index in [2.05, 4.69) is 27.3 Å². The Kier molecular flexibility index (Phi) is 2.57. The van der Waals surface area contributed by atoms with Crippen LogP contribution in [-0.4, -0.2) is 31.2 Å². The second kappa shape index (κ2) is 4.22. The molecule has 2 aromatic rings. The van der Waals surface area contributed by atoms with Gasteiger partial charge in [0, 0.05) is 49.1 Å². The average Bonchev–Trinajstić information content (AvgIpc) is 2.39. The molecule has 17 heavy (non-hydrogen) atoms. The van der Waals surface area contributed by atoms with Crippen molar-refractivity contribution >= 4 is 22.3 Å². The smallest absolute Gasteiger partial charge is 0.0743 e. The fourth-order valence-corrected chi connectivity index (χ4v) is 2.33. The SMILES string of the molecule is Nc1ccc2c(N3CCNCC3)ccnc2c1. The molecule has 1 aliphatic heterocycles. The van der Waals surface area contributed by atoms with Crippen LogP contribution in [-0.2, 0) is 0 Å². The third kappa shape index (κ3) is 1.91. The molecule has 88 valence electrons. The molecule has 3 N–H and O–H groups in total. The van der Waals surface area contributed by atoms with Gasteiger partial charge in [0.15, 0.2) is 0 Å². The van der Waals surface area contributed by atoms with Crippen LogP contribution < -0.4 is 16.0 Å². The number of nitrogens with zero attached hydrogens (tertiary/aromatic N) is 2. The van der Waals surface area contributed by atoms with Gasteiger partial charge in [-0.05, 0) is 24.3 Å². The number of nitrogens with two attached hydrogens (primary N) is 1. The molecule has 0 atom stereocenters. The van der Waals surface area contributed by atoms with Gasteiger partial charge in [-0.1, -0.05) is 0 Å². The van der Waals surface area contributed by atoms with Gasteiger partial charge in [-0.2, -0.15) is 0 Å². The Morgan fingerprint density at radius 1 is 1.18 bits per heavy atom. The zero-order chi connectivity index (χ0) is 11.7. The minimum Gasteiger partial charge on any atom is -0.399 e. The number of pyridine rings is 1. The number of rotatable bonds is 1. The summed E-state index contributed by atoms with van der Waals surface area (Å²) in [6, 6.07) is 8.02. The zero-order valence-electron chi connectivity index (χ0n) is 9.69. The fourth-order valence-electron chi connectivity index (χ4n) is 2.33. The third-order valence-corrected chi connectivity index (χ3v) is 3.20. The molecule has 2 heterocycles. The zero-order valence-corrected chi connectivity index (χ0v) is 9.69. The summed E-state index contributed by atoms with van der Waals surface area (Å²) < 4.78 is 0. The first kappa shape index (κ1) is 10.4. The van der Waals surface area contributed by atoms with Crippen molar-refractivity contribution in [3.8, 4) is 0 Å². The molecular formula is C13H16N4. The van der Waals surface area contributed by atoms with E-state index in [-0.39, 0.29) is 0 Å². The summed E-state index contributed by atoms with van der Waals surface area (Å²) in [7, 11) is 0. The topological polar surface area (TPSA) is 54.2 Å². The number of hydrogen-bond donors (Lipinski definition) is 2. The second-order valence-corrected chi connectivity index (χ2v) is 4.34. The summed E-state index contributed by atoms with van der Waals surface area (Å²) in [6.45, 7) is 4.17. The molecule has 0 radical (unpaired) electrons. The van der Waals surface area contributed by atoms with Gasteiger partial charge in [0.05, 0.1) is 5.52 Å². The standard InChI is InChI=1S/C13H16N4/c14-10-1-2-11-12(9-10)16-4-3-13(11)17-7-5-15-6-8-17/h1-4,9,15H,5-8,14H2. The van der Waals surface area contributed by atoms with Crippen molar-refractivity contribution in [3.63, 3.8) is 0 Å². The summed E-state index contributed by atoms with van der Waals surface area (Å²) >= 11 is 0. The molecule has 0 aliphatic carbocycles. The van der Waals surface area contributed by atoms with Crippen molar-refractivity contribution in [2.24, 2.45) is 0 Å². The van der Waals surface area contributed by atoms with E-state index < -0.39 is 0 Å². The summed E-state index contributed by atoms with van der Waals surface area (Å²) in [5.74, 6) is 0. The van der Waals surface area contributed by atoms with Crippen molar-refractivity contribution < 1.29 is 0 Å². The third-order valence-electron chi connectivity index (χ3n) is 3.20. The Morgan fingerprint density at radius 3 is 2.82 bits per heavy atom. The number of hydrogen-bond acceptors (Lipinski definition) is 4. The van der Waals surface area contributed by atoms with Gasteiger partial charge in [0.25, 0.3) is 0 Å². The number of nitrogen functional groups attached to an aromatic ring is 1. The van der Waals surface area contributed by atoms with Gasteiger partial charge in [0.1, 0.15) is 0 Å². The molecule has 1 aliphatic rings. The highest BCUT2D eigenvalue weighted by molar-refractivity contribution is 5.93. The van der Waals surface area contributed by atoms with E-state index >= 15 is 0 Å². The van der Waals surface area contributed by atoms with E-state index in [0.717, 1.165) is 37.4 Å². The minimum atomic E-state index is 0.766. The van der Waals surface area contributed by atoms with Crippen LogP contribution in [0.2, 0.25) is 0 Å². The summed E-state index contributed by atoms with van der Waals surface area (Å²) in [6.07, 6.45) is 1.86. The lowest BCUT2D eigenvalue weighted by Gasteiger charge is -2.30. The predicted molar refractivity (Wildman–Crippen MR) is 71.2 cm³/mol. The van der Waals surface area contributed by atoms with Crippen LogP contribution in [0.25, 0.3) is 10.9 Å². The molecular weight excluding hydrogens is 212 g/mol. The molecule has 3 rings (SSSR count). The van der Waals surface area contributed by atoms with E-state index in [9.17, 15) is 0 Å².